The first-order valence-corrected chi connectivity index (χ1v) is 11.8. The van der Waals surface area contributed by atoms with Gasteiger partial charge in [0.15, 0.2) is 5.65 Å². The molecule has 1 saturated carbocycles. The molecule has 2 aliphatic heterocycles. The van der Waals surface area contributed by atoms with Gasteiger partial charge in [-0.1, -0.05) is 12.8 Å². The zero-order valence-electron chi connectivity index (χ0n) is 17.8. The van der Waals surface area contributed by atoms with Gasteiger partial charge < -0.3 is 4.90 Å². The molecule has 1 atom stereocenters. The van der Waals surface area contributed by atoms with E-state index in [1.165, 1.54) is 38.5 Å². The summed E-state index contributed by atoms with van der Waals surface area (Å²) in [6.07, 6.45) is 11.0. The molecule has 5 rings (SSSR count). The Morgan fingerprint density at radius 3 is 2.60 bits per heavy atom. The predicted octanol–water partition coefficient (Wildman–Crippen LogP) is 2.65. The number of fused-ring (bicyclic) bond motifs is 1. The van der Waals surface area contributed by atoms with Crippen molar-refractivity contribution in [3.63, 3.8) is 0 Å². The van der Waals surface area contributed by atoms with Gasteiger partial charge in [0.1, 0.15) is 0 Å². The summed E-state index contributed by atoms with van der Waals surface area (Å²) in [4.78, 5) is 35.3. The van der Waals surface area contributed by atoms with Crippen LogP contribution in [-0.2, 0) is 11.3 Å². The van der Waals surface area contributed by atoms with Crippen LogP contribution in [0.1, 0.15) is 57.4 Å². The number of rotatable bonds is 5. The van der Waals surface area contributed by atoms with E-state index in [0.29, 0.717) is 19.0 Å². The van der Waals surface area contributed by atoms with Crippen molar-refractivity contribution >= 4 is 17.1 Å². The summed E-state index contributed by atoms with van der Waals surface area (Å²) in [6.45, 7) is 4.78. The van der Waals surface area contributed by atoms with E-state index >= 15 is 0 Å². The maximum absolute atomic E-state index is 13.4. The highest BCUT2D eigenvalue weighted by atomic mass is 16.2. The smallest absolute Gasteiger partial charge is 0.330 e. The third kappa shape index (κ3) is 4.04. The fraction of sp³-hybridized carbons (Fsp3) is 0.696. The monoisotopic (exact) mass is 411 g/mol. The van der Waals surface area contributed by atoms with Crippen LogP contribution in [0.4, 0.5) is 0 Å². The molecular formula is C23H33N5O2. The van der Waals surface area contributed by atoms with Crippen molar-refractivity contribution in [2.75, 3.05) is 32.7 Å². The maximum Gasteiger partial charge on any atom is 0.330 e. The fourth-order valence-electron chi connectivity index (χ4n) is 5.15. The summed E-state index contributed by atoms with van der Waals surface area (Å²) >= 11 is 0. The minimum Gasteiger partial charge on any atom is -0.340 e. The predicted molar refractivity (Wildman–Crippen MR) is 116 cm³/mol. The Hall–Kier alpha value is -2.15. The average Bonchev–Trinajstić information content (AvgIpc) is 3.57. The molecule has 1 aliphatic carbocycles. The van der Waals surface area contributed by atoms with Crippen molar-refractivity contribution in [1.29, 1.82) is 0 Å². The summed E-state index contributed by atoms with van der Waals surface area (Å²) in [5.41, 5.74) is 1.75. The van der Waals surface area contributed by atoms with E-state index < -0.39 is 0 Å². The van der Waals surface area contributed by atoms with Gasteiger partial charge in [-0.15, -0.1) is 0 Å². The van der Waals surface area contributed by atoms with Crippen molar-refractivity contribution in [2.45, 2.75) is 64.0 Å². The van der Waals surface area contributed by atoms with Crippen molar-refractivity contribution in [3.05, 3.63) is 28.8 Å². The van der Waals surface area contributed by atoms with Crippen LogP contribution < -0.4 is 5.69 Å². The molecule has 1 amide bonds. The van der Waals surface area contributed by atoms with Gasteiger partial charge in [0.25, 0.3) is 0 Å². The van der Waals surface area contributed by atoms with E-state index in [-0.39, 0.29) is 17.6 Å². The van der Waals surface area contributed by atoms with E-state index in [1.54, 1.807) is 6.20 Å². The number of amides is 1. The second-order valence-electron chi connectivity index (χ2n) is 9.38. The van der Waals surface area contributed by atoms with Crippen LogP contribution in [0.3, 0.4) is 0 Å². The van der Waals surface area contributed by atoms with Gasteiger partial charge in [-0.3, -0.25) is 18.8 Å². The molecule has 2 saturated heterocycles. The van der Waals surface area contributed by atoms with Gasteiger partial charge in [-0.2, -0.15) is 0 Å². The summed E-state index contributed by atoms with van der Waals surface area (Å²) in [7, 11) is 0. The summed E-state index contributed by atoms with van der Waals surface area (Å²) in [5, 5.41) is 0. The van der Waals surface area contributed by atoms with E-state index in [9.17, 15) is 9.59 Å². The van der Waals surface area contributed by atoms with E-state index in [2.05, 4.69) is 9.88 Å². The highest BCUT2D eigenvalue weighted by Crippen LogP contribution is 2.32. The Labute approximate surface area is 177 Å². The molecule has 30 heavy (non-hydrogen) atoms. The zero-order valence-corrected chi connectivity index (χ0v) is 17.8. The first-order chi connectivity index (χ1) is 14.7. The summed E-state index contributed by atoms with van der Waals surface area (Å²) in [6, 6.07) is 3.93. The molecule has 0 radical (unpaired) electrons. The number of hydrogen-bond donors (Lipinski definition) is 0. The van der Waals surface area contributed by atoms with Crippen LogP contribution in [0.5, 0.6) is 0 Å². The molecule has 0 spiro atoms. The number of likely N-dealkylation sites (tertiary alicyclic amines) is 2. The standard InChI is InChI=1S/C23H33N5O2/c29-21(17-25-12-3-1-2-4-13-25)26-14-6-7-19(16-26)28-22-20(8-5-11-24-22)27(23(28)30)15-18-9-10-18/h5,8,11,18-19H,1-4,6-7,9-10,12-17H2/t19-/m0/s1. The van der Waals surface area contributed by atoms with Crippen molar-refractivity contribution in [3.8, 4) is 0 Å². The first-order valence-electron chi connectivity index (χ1n) is 11.8. The Kier molecular flexibility index (Phi) is 5.63. The largest absolute Gasteiger partial charge is 0.340 e. The second-order valence-corrected chi connectivity index (χ2v) is 9.38. The number of carbonyl (C=O) groups is 1. The van der Waals surface area contributed by atoms with Crippen molar-refractivity contribution in [2.24, 2.45) is 5.92 Å². The van der Waals surface area contributed by atoms with Crippen LogP contribution in [-0.4, -0.2) is 62.5 Å². The zero-order chi connectivity index (χ0) is 20.5. The lowest BCUT2D eigenvalue weighted by molar-refractivity contribution is -0.134. The Balaban J connectivity index is 1.35. The molecule has 3 fully saturated rings. The maximum atomic E-state index is 13.4. The second kappa shape index (κ2) is 8.53. The number of pyridine rings is 1. The molecule has 0 bridgehead atoms. The first kappa shape index (κ1) is 19.8. The third-order valence-electron chi connectivity index (χ3n) is 7.03. The number of aromatic nitrogens is 3. The quantitative estimate of drug-likeness (QED) is 0.759. The van der Waals surface area contributed by atoms with E-state index in [4.69, 9.17) is 0 Å². The number of piperidine rings is 1. The lowest BCUT2D eigenvalue weighted by Crippen LogP contribution is -2.47. The fourth-order valence-corrected chi connectivity index (χ4v) is 5.15. The van der Waals surface area contributed by atoms with Gasteiger partial charge in [0.05, 0.1) is 18.1 Å². The molecule has 0 N–H and O–H groups in total. The molecule has 2 aromatic heterocycles. The van der Waals surface area contributed by atoms with E-state index in [0.717, 1.165) is 50.2 Å². The van der Waals surface area contributed by atoms with Crippen molar-refractivity contribution < 1.29 is 4.79 Å². The van der Waals surface area contributed by atoms with Gasteiger partial charge in [0.2, 0.25) is 5.91 Å². The van der Waals surface area contributed by atoms with Gasteiger partial charge in [0, 0.05) is 25.8 Å². The van der Waals surface area contributed by atoms with Crippen LogP contribution in [0, 0.1) is 5.92 Å². The van der Waals surface area contributed by atoms with Gasteiger partial charge >= 0.3 is 5.69 Å². The number of imidazole rings is 1. The highest BCUT2D eigenvalue weighted by molar-refractivity contribution is 5.78. The van der Waals surface area contributed by atoms with Crippen molar-refractivity contribution in [1.82, 2.24) is 23.9 Å². The molecule has 4 heterocycles. The topological polar surface area (TPSA) is 63.4 Å². The van der Waals surface area contributed by atoms with Gasteiger partial charge in [-0.05, 0) is 69.7 Å². The van der Waals surface area contributed by atoms with Crippen LogP contribution in [0.25, 0.3) is 11.2 Å². The third-order valence-corrected chi connectivity index (χ3v) is 7.03. The summed E-state index contributed by atoms with van der Waals surface area (Å²) < 4.78 is 3.79. The molecule has 0 unspecified atom stereocenters. The highest BCUT2D eigenvalue weighted by Gasteiger charge is 2.31. The molecular weight excluding hydrogens is 378 g/mol. The Bertz CT molecular complexity index is 952. The minimum absolute atomic E-state index is 0.0113. The molecule has 7 heteroatoms. The number of hydrogen-bond acceptors (Lipinski definition) is 4. The van der Waals surface area contributed by atoms with Crippen LogP contribution >= 0.6 is 0 Å². The number of carbonyl (C=O) groups excluding carboxylic acids is 1. The Morgan fingerprint density at radius 2 is 1.83 bits per heavy atom. The normalized spacial score (nSPS) is 23.6. The lowest BCUT2D eigenvalue weighted by atomic mass is 10.1. The SMILES string of the molecule is O=C(CN1CCCCCC1)N1CCC[C@H](n2c(=O)n(CC3CC3)c3cccnc32)C1. The number of nitrogens with zero attached hydrogens (tertiary/aromatic N) is 5. The Morgan fingerprint density at radius 1 is 1.03 bits per heavy atom. The molecule has 2 aromatic rings. The van der Waals surface area contributed by atoms with Crippen LogP contribution in [0.15, 0.2) is 23.1 Å². The van der Waals surface area contributed by atoms with Crippen LogP contribution in [0.2, 0.25) is 0 Å². The summed E-state index contributed by atoms with van der Waals surface area (Å²) in [5.74, 6) is 0.837. The van der Waals surface area contributed by atoms with Gasteiger partial charge in [-0.25, -0.2) is 9.78 Å². The lowest BCUT2D eigenvalue weighted by Gasteiger charge is -2.34. The molecule has 3 aliphatic rings. The average molecular weight is 412 g/mol. The minimum atomic E-state index is 0.0113. The molecule has 7 nitrogen and oxygen atoms in total. The molecule has 162 valence electrons. The van der Waals surface area contributed by atoms with E-state index in [1.807, 2.05) is 26.2 Å². The molecule has 0 aromatic carbocycles.